The first-order valence-electron chi connectivity index (χ1n) is 42.3. The van der Waals surface area contributed by atoms with Gasteiger partial charge in [0.25, 0.3) is 0 Å². The standard InChI is InChI=1S/C81H158O17P2/c1-5-9-13-17-21-25-28-30-32-34-36-37-38-40-42-44-46-49-52-56-60-64-68-81(86)98-77(72-92-79(84)66-62-58-54-50-48-45-43-41-39-35-33-31-29-26-22-18-14-10-6-2)74-96-100(89,90)94-70-75(82)69-93-99(87,88)95-73-76(71-91-78(83)65-61-57-53-24-20-16-12-8-4)97-80(85)67-63-59-55-51-47-27-23-19-15-11-7-3/h75-77,82H,5-74H2,1-4H3,(H,87,88)(H,89,90)/t75-,76+,77+/m0/s1. The number of hydrogen-bond acceptors (Lipinski definition) is 15. The van der Waals surface area contributed by atoms with Crippen LogP contribution in [0.3, 0.4) is 0 Å². The van der Waals surface area contributed by atoms with Crippen LogP contribution in [0.1, 0.15) is 439 Å². The molecular formula is C81H158O17P2. The maximum atomic E-state index is 13.1. The van der Waals surface area contributed by atoms with Gasteiger partial charge in [-0.3, -0.25) is 37.3 Å². The van der Waals surface area contributed by atoms with Gasteiger partial charge in [-0.05, 0) is 25.7 Å². The number of carbonyl (C=O) groups is 4. The summed E-state index contributed by atoms with van der Waals surface area (Å²) in [6.45, 7) is 4.98. The smallest absolute Gasteiger partial charge is 0.462 e. The highest BCUT2D eigenvalue weighted by Crippen LogP contribution is 2.45. The first-order chi connectivity index (χ1) is 48.7. The Balaban J connectivity index is 5.15. The number of rotatable bonds is 82. The van der Waals surface area contributed by atoms with Gasteiger partial charge < -0.3 is 33.8 Å². The molecule has 100 heavy (non-hydrogen) atoms. The minimum Gasteiger partial charge on any atom is -0.462 e. The second-order valence-corrected chi connectivity index (χ2v) is 32.1. The van der Waals surface area contributed by atoms with Gasteiger partial charge in [-0.2, -0.15) is 0 Å². The lowest BCUT2D eigenvalue weighted by Gasteiger charge is -2.21. The Hall–Kier alpha value is -1.94. The highest BCUT2D eigenvalue weighted by Gasteiger charge is 2.30. The number of phosphoric ester groups is 2. The van der Waals surface area contributed by atoms with Gasteiger partial charge in [-0.1, -0.05) is 387 Å². The number of esters is 4. The summed E-state index contributed by atoms with van der Waals surface area (Å²) in [6, 6.07) is 0. The average Bonchev–Trinajstić information content (AvgIpc) is 0.929. The van der Waals surface area contributed by atoms with Crippen LogP contribution in [-0.2, 0) is 65.4 Å². The largest absolute Gasteiger partial charge is 0.472 e. The minimum absolute atomic E-state index is 0.107. The van der Waals surface area contributed by atoms with E-state index in [-0.39, 0.29) is 25.7 Å². The monoisotopic (exact) mass is 1470 g/mol. The van der Waals surface area contributed by atoms with E-state index in [2.05, 4.69) is 27.7 Å². The molecule has 0 heterocycles. The molecule has 0 spiro atoms. The topological polar surface area (TPSA) is 237 Å². The molecule has 3 N–H and O–H groups in total. The van der Waals surface area contributed by atoms with Gasteiger partial charge in [0.1, 0.15) is 19.3 Å². The fourth-order valence-corrected chi connectivity index (χ4v) is 14.2. The maximum Gasteiger partial charge on any atom is 0.472 e. The SMILES string of the molecule is CCCCCCCCCCCCCCCCCCCCCCCCC(=O)O[C@H](COC(=O)CCCCCCCCCCCCCCCCCCCCC)COP(=O)(O)OC[C@@H](O)COP(=O)(O)OC[C@@H](COC(=O)CCCCCCCCCC)OC(=O)CCCCCCCCCCCCC. The van der Waals surface area contributed by atoms with E-state index in [4.69, 9.17) is 37.0 Å². The van der Waals surface area contributed by atoms with Crippen molar-refractivity contribution in [2.75, 3.05) is 39.6 Å². The van der Waals surface area contributed by atoms with E-state index in [1.165, 1.54) is 270 Å². The van der Waals surface area contributed by atoms with Crippen molar-refractivity contribution in [3.8, 4) is 0 Å². The molecule has 0 amide bonds. The van der Waals surface area contributed by atoms with Gasteiger partial charge >= 0.3 is 39.5 Å². The molecule has 0 fully saturated rings. The molecule has 0 radical (unpaired) electrons. The third-order valence-electron chi connectivity index (χ3n) is 19.1. The lowest BCUT2D eigenvalue weighted by Crippen LogP contribution is -2.30. The number of phosphoric acid groups is 2. The first kappa shape index (κ1) is 98.1. The van der Waals surface area contributed by atoms with Crippen LogP contribution in [0, 0.1) is 0 Å². The van der Waals surface area contributed by atoms with E-state index in [1.54, 1.807) is 0 Å². The molecule has 594 valence electrons. The predicted octanol–water partition coefficient (Wildman–Crippen LogP) is 24.6. The zero-order chi connectivity index (χ0) is 73.2. The Bertz CT molecular complexity index is 1890. The van der Waals surface area contributed by atoms with E-state index >= 15 is 0 Å². The predicted molar refractivity (Wildman–Crippen MR) is 409 cm³/mol. The van der Waals surface area contributed by atoms with Crippen molar-refractivity contribution < 1.29 is 80.2 Å². The van der Waals surface area contributed by atoms with E-state index in [9.17, 15) is 43.2 Å². The van der Waals surface area contributed by atoms with Crippen LogP contribution in [0.4, 0.5) is 0 Å². The summed E-state index contributed by atoms with van der Waals surface area (Å²) in [7, 11) is -9.91. The summed E-state index contributed by atoms with van der Waals surface area (Å²) in [5, 5.41) is 10.6. The van der Waals surface area contributed by atoms with E-state index in [0.717, 1.165) is 89.9 Å². The van der Waals surface area contributed by atoms with Crippen molar-refractivity contribution in [2.45, 2.75) is 457 Å². The summed E-state index contributed by atoms with van der Waals surface area (Å²) in [6.07, 6.45) is 68.3. The van der Waals surface area contributed by atoms with Crippen LogP contribution < -0.4 is 0 Å². The van der Waals surface area contributed by atoms with Gasteiger partial charge in [0.05, 0.1) is 26.4 Å². The summed E-state index contributed by atoms with van der Waals surface area (Å²) >= 11 is 0. The van der Waals surface area contributed by atoms with Crippen molar-refractivity contribution in [3.63, 3.8) is 0 Å². The molecule has 0 aliphatic carbocycles. The molecule has 19 heteroatoms. The fraction of sp³-hybridized carbons (Fsp3) is 0.951. The number of hydrogen-bond donors (Lipinski definition) is 3. The van der Waals surface area contributed by atoms with Crippen molar-refractivity contribution in [1.29, 1.82) is 0 Å². The van der Waals surface area contributed by atoms with Gasteiger partial charge in [0.2, 0.25) is 0 Å². The molecule has 0 rings (SSSR count). The summed E-state index contributed by atoms with van der Waals surface area (Å²) < 4.78 is 68.6. The summed E-state index contributed by atoms with van der Waals surface area (Å²) in [4.78, 5) is 72.8. The lowest BCUT2D eigenvalue weighted by molar-refractivity contribution is -0.161. The number of ether oxygens (including phenoxy) is 4. The van der Waals surface area contributed by atoms with Crippen molar-refractivity contribution in [2.24, 2.45) is 0 Å². The third kappa shape index (κ3) is 74.3. The first-order valence-corrected chi connectivity index (χ1v) is 45.3. The Kier molecular flexibility index (Phi) is 73.8. The van der Waals surface area contributed by atoms with Crippen LogP contribution >= 0.6 is 15.6 Å². The van der Waals surface area contributed by atoms with Gasteiger partial charge in [0, 0.05) is 25.7 Å². The van der Waals surface area contributed by atoms with Crippen LogP contribution in [-0.4, -0.2) is 96.7 Å². The fourth-order valence-electron chi connectivity index (χ4n) is 12.6. The second kappa shape index (κ2) is 75.3. The Morgan fingerprint density at radius 1 is 0.240 bits per heavy atom. The third-order valence-corrected chi connectivity index (χ3v) is 21.0. The molecule has 2 unspecified atom stereocenters. The molecule has 0 saturated heterocycles. The molecule has 0 aromatic carbocycles. The normalized spacial score (nSPS) is 13.8. The zero-order valence-corrected chi connectivity index (χ0v) is 67.0. The van der Waals surface area contributed by atoms with E-state index in [1.807, 2.05) is 0 Å². The minimum atomic E-state index is -4.96. The number of unbranched alkanes of at least 4 members (excludes halogenated alkanes) is 56. The molecule has 0 aromatic rings. The zero-order valence-electron chi connectivity index (χ0n) is 65.2. The molecule has 0 saturated carbocycles. The molecule has 0 aromatic heterocycles. The second-order valence-electron chi connectivity index (χ2n) is 29.2. The molecule has 5 atom stereocenters. The van der Waals surface area contributed by atoms with Crippen molar-refractivity contribution in [1.82, 2.24) is 0 Å². The summed E-state index contributed by atoms with van der Waals surface area (Å²) in [5.74, 6) is -2.11. The molecule has 0 bridgehead atoms. The summed E-state index contributed by atoms with van der Waals surface area (Å²) in [5.41, 5.74) is 0. The maximum absolute atomic E-state index is 13.1. The van der Waals surface area contributed by atoms with Crippen molar-refractivity contribution in [3.05, 3.63) is 0 Å². The van der Waals surface area contributed by atoms with Crippen LogP contribution in [0.5, 0.6) is 0 Å². The molecular weight excluding hydrogens is 1310 g/mol. The van der Waals surface area contributed by atoms with Crippen LogP contribution in [0.2, 0.25) is 0 Å². The Labute approximate surface area is 613 Å². The van der Waals surface area contributed by atoms with Crippen LogP contribution in [0.15, 0.2) is 0 Å². The highest BCUT2D eigenvalue weighted by molar-refractivity contribution is 7.47. The van der Waals surface area contributed by atoms with E-state index < -0.39 is 97.5 Å². The molecule has 0 aliphatic rings. The number of aliphatic hydroxyl groups is 1. The Morgan fingerprint density at radius 3 is 0.590 bits per heavy atom. The highest BCUT2D eigenvalue weighted by atomic mass is 31.2. The van der Waals surface area contributed by atoms with Crippen LogP contribution in [0.25, 0.3) is 0 Å². The lowest BCUT2D eigenvalue weighted by atomic mass is 10.0. The molecule has 17 nitrogen and oxygen atoms in total. The number of aliphatic hydroxyl groups excluding tert-OH is 1. The van der Waals surface area contributed by atoms with Gasteiger partial charge in [0.15, 0.2) is 12.2 Å². The average molecular weight is 1470 g/mol. The van der Waals surface area contributed by atoms with Crippen molar-refractivity contribution >= 4 is 39.5 Å². The van der Waals surface area contributed by atoms with E-state index in [0.29, 0.717) is 25.7 Å². The van der Waals surface area contributed by atoms with Gasteiger partial charge in [-0.25, -0.2) is 9.13 Å². The molecule has 0 aliphatic heterocycles. The van der Waals surface area contributed by atoms with Gasteiger partial charge in [-0.15, -0.1) is 0 Å². The Morgan fingerprint density at radius 2 is 0.400 bits per heavy atom. The number of carbonyl (C=O) groups excluding carboxylic acids is 4. The quantitative estimate of drug-likeness (QED) is 0.0222.